The van der Waals surface area contributed by atoms with E-state index in [-0.39, 0.29) is 17.6 Å². The molecule has 1 heterocycles. The molecule has 0 aromatic heterocycles. The van der Waals surface area contributed by atoms with Gasteiger partial charge in [-0.05, 0) is 42.1 Å². The summed E-state index contributed by atoms with van der Waals surface area (Å²) < 4.78 is 11.6. The van der Waals surface area contributed by atoms with Crippen molar-refractivity contribution in [1.29, 1.82) is 0 Å². The zero-order valence-electron chi connectivity index (χ0n) is 17.4. The van der Waals surface area contributed by atoms with E-state index in [9.17, 15) is 4.79 Å². The summed E-state index contributed by atoms with van der Waals surface area (Å²) in [6.45, 7) is 17.6. The summed E-state index contributed by atoms with van der Waals surface area (Å²) >= 11 is 0. The number of benzene rings is 1. The van der Waals surface area contributed by atoms with E-state index in [2.05, 4.69) is 78.5 Å². The van der Waals surface area contributed by atoms with Gasteiger partial charge in [-0.2, -0.15) is 0 Å². The van der Waals surface area contributed by atoms with Gasteiger partial charge in [-0.25, -0.2) is 9.69 Å². The van der Waals surface area contributed by atoms with Gasteiger partial charge >= 0.3 is 6.09 Å². The van der Waals surface area contributed by atoms with Crippen molar-refractivity contribution in [3.63, 3.8) is 0 Å². The van der Waals surface area contributed by atoms with Gasteiger partial charge in [0.25, 0.3) is 0 Å². The molecule has 2 rings (SSSR count). The van der Waals surface area contributed by atoms with E-state index < -0.39 is 8.32 Å². The first kappa shape index (κ1) is 20.6. The first-order valence-corrected chi connectivity index (χ1v) is 12.8. The van der Waals surface area contributed by atoms with E-state index in [4.69, 9.17) is 9.16 Å². The van der Waals surface area contributed by atoms with Crippen molar-refractivity contribution < 1.29 is 14.0 Å². The highest BCUT2D eigenvalue weighted by Crippen LogP contribution is 2.29. The number of amides is 1. The minimum Gasteiger partial charge on any atom is -0.532 e. The first-order valence-electron chi connectivity index (χ1n) is 9.36. The van der Waals surface area contributed by atoms with Crippen LogP contribution in [0.2, 0.25) is 19.6 Å². The van der Waals surface area contributed by atoms with Gasteiger partial charge in [0.05, 0.1) is 6.04 Å². The Morgan fingerprint density at radius 3 is 2.27 bits per heavy atom. The molecule has 4 nitrogen and oxygen atoms in total. The number of hydrogen-bond acceptors (Lipinski definition) is 3. The molecule has 1 aromatic rings. The standard InChI is InChI=1S/C21H33NO3Si/c1-15(2)18-14-24-20(23)22(18)19(25-26(6,7)8)13-16-9-11-17(12-10-16)21(3,4)5/h9-13,15,18H,14H2,1-8H3/b19-13-/t18-/m0/s1. The molecule has 0 saturated carbocycles. The molecule has 1 fully saturated rings. The predicted molar refractivity (Wildman–Crippen MR) is 109 cm³/mol. The molecule has 1 aromatic carbocycles. The van der Waals surface area contributed by atoms with E-state index in [0.29, 0.717) is 18.4 Å². The zero-order chi connectivity index (χ0) is 19.7. The van der Waals surface area contributed by atoms with E-state index in [1.54, 1.807) is 4.90 Å². The van der Waals surface area contributed by atoms with Crippen molar-refractivity contribution >= 4 is 20.5 Å². The molecular formula is C21H33NO3Si. The lowest BCUT2D eigenvalue weighted by Gasteiger charge is -2.31. The fourth-order valence-corrected chi connectivity index (χ4v) is 3.65. The van der Waals surface area contributed by atoms with Crippen LogP contribution < -0.4 is 0 Å². The number of cyclic esters (lactones) is 1. The highest BCUT2D eigenvalue weighted by Gasteiger charge is 2.39. The fourth-order valence-electron chi connectivity index (χ4n) is 2.86. The lowest BCUT2D eigenvalue weighted by atomic mass is 9.87. The second-order valence-corrected chi connectivity index (χ2v) is 13.8. The maximum Gasteiger partial charge on any atom is 0.417 e. The smallest absolute Gasteiger partial charge is 0.417 e. The van der Waals surface area contributed by atoms with Crippen LogP contribution >= 0.6 is 0 Å². The molecule has 144 valence electrons. The lowest BCUT2D eigenvalue weighted by molar-refractivity contribution is 0.150. The third kappa shape index (κ3) is 5.13. The molecule has 26 heavy (non-hydrogen) atoms. The molecule has 1 amide bonds. The zero-order valence-corrected chi connectivity index (χ0v) is 18.4. The van der Waals surface area contributed by atoms with E-state index >= 15 is 0 Å². The maximum atomic E-state index is 12.4. The van der Waals surface area contributed by atoms with Gasteiger partial charge in [0.15, 0.2) is 5.88 Å². The third-order valence-corrected chi connectivity index (χ3v) is 5.21. The van der Waals surface area contributed by atoms with Crippen molar-refractivity contribution in [2.75, 3.05) is 6.61 Å². The average Bonchev–Trinajstić information content (AvgIpc) is 2.87. The summed E-state index contributed by atoms with van der Waals surface area (Å²) in [5, 5.41) is 0. The van der Waals surface area contributed by atoms with Crippen LogP contribution in [-0.4, -0.2) is 32.0 Å². The summed E-state index contributed by atoms with van der Waals surface area (Å²) in [5.74, 6) is 0.896. The molecule has 0 aliphatic carbocycles. The van der Waals surface area contributed by atoms with Gasteiger partial charge in [-0.15, -0.1) is 0 Å². The topological polar surface area (TPSA) is 38.8 Å². The third-order valence-electron chi connectivity index (χ3n) is 4.39. The second-order valence-electron chi connectivity index (χ2n) is 9.33. The molecule has 1 aliphatic rings. The molecular weight excluding hydrogens is 342 g/mol. The van der Waals surface area contributed by atoms with Gasteiger partial charge in [0.1, 0.15) is 6.61 Å². The minimum absolute atomic E-state index is 0.000974. The Morgan fingerprint density at radius 2 is 1.81 bits per heavy atom. The molecule has 0 N–H and O–H groups in total. The van der Waals surface area contributed by atoms with Crippen molar-refractivity contribution in [1.82, 2.24) is 4.90 Å². The van der Waals surface area contributed by atoms with Gasteiger partial charge in [0, 0.05) is 6.08 Å². The van der Waals surface area contributed by atoms with Gasteiger partial charge in [0.2, 0.25) is 8.32 Å². The van der Waals surface area contributed by atoms with E-state index in [1.165, 1.54) is 5.56 Å². The number of nitrogens with zero attached hydrogens (tertiary/aromatic N) is 1. The maximum absolute atomic E-state index is 12.4. The average molecular weight is 376 g/mol. The molecule has 0 bridgehead atoms. The summed E-state index contributed by atoms with van der Waals surface area (Å²) in [5.41, 5.74) is 2.41. The van der Waals surface area contributed by atoms with Crippen LogP contribution in [0, 0.1) is 5.92 Å². The summed E-state index contributed by atoms with van der Waals surface area (Å²) in [6, 6.07) is 8.44. The number of rotatable bonds is 5. The number of hydrogen-bond donors (Lipinski definition) is 0. The fraction of sp³-hybridized carbons (Fsp3) is 0.571. The van der Waals surface area contributed by atoms with Crippen LogP contribution in [0.3, 0.4) is 0 Å². The van der Waals surface area contributed by atoms with Crippen LogP contribution in [0.15, 0.2) is 30.1 Å². The van der Waals surface area contributed by atoms with Crippen LogP contribution in [0.1, 0.15) is 45.7 Å². The SMILES string of the molecule is CC(C)[C@@H]1COC(=O)N1/C(=C/c1ccc(C(C)(C)C)cc1)O[Si](C)(C)C. The Bertz CT molecular complexity index is 666. The number of carbonyl (C=O) groups excluding carboxylic acids is 1. The Labute approximate surface area is 159 Å². The Morgan fingerprint density at radius 1 is 1.23 bits per heavy atom. The van der Waals surface area contributed by atoms with Crippen molar-refractivity contribution in [2.45, 2.75) is 65.7 Å². The van der Waals surface area contributed by atoms with Gasteiger partial charge < -0.3 is 9.16 Å². The first-order chi connectivity index (χ1) is 11.9. The monoisotopic (exact) mass is 375 g/mol. The predicted octanol–water partition coefficient (Wildman–Crippen LogP) is 5.61. The summed E-state index contributed by atoms with van der Waals surface area (Å²) in [6.07, 6.45) is 1.65. The van der Waals surface area contributed by atoms with Crippen molar-refractivity contribution in [3.8, 4) is 0 Å². The highest BCUT2D eigenvalue weighted by molar-refractivity contribution is 6.70. The molecule has 1 atom stereocenters. The van der Waals surface area contributed by atoms with Crippen molar-refractivity contribution in [2.24, 2.45) is 5.92 Å². The number of ether oxygens (including phenoxy) is 1. The molecule has 1 aliphatic heterocycles. The largest absolute Gasteiger partial charge is 0.532 e. The normalized spacial score (nSPS) is 19.1. The summed E-state index contributed by atoms with van der Waals surface area (Å²) in [4.78, 5) is 14.1. The number of carbonyl (C=O) groups is 1. The lowest BCUT2D eigenvalue weighted by Crippen LogP contribution is -2.40. The van der Waals surface area contributed by atoms with Crippen molar-refractivity contribution in [3.05, 3.63) is 41.3 Å². The second kappa shape index (κ2) is 7.47. The van der Waals surface area contributed by atoms with Crippen LogP contribution in [0.25, 0.3) is 6.08 Å². The van der Waals surface area contributed by atoms with E-state index in [1.807, 2.05) is 6.08 Å². The van der Waals surface area contributed by atoms with E-state index in [0.717, 1.165) is 5.56 Å². The van der Waals surface area contributed by atoms with Crippen LogP contribution in [0.4, 0.5) is 4.79 Å². The minimum atomic E-state index is -1.89. The van der Waals surface area contributed by atoms with Crippen LogP contribution in [-0.2, 0) is 14.6 Å². The quantitative estimate of drug-likeness (QED) is 0.496. The Balaban J connectivity index is 2.41. The molecule has 0 unspecified atom stereocenters. The highest BCUT2D eigenvalue weighted by atomic mass is 28.4. The molecule has 5 heteroatoms. The summed E-state index contributed by atoms with van der Waals surface area (Å²) in [7, 11) is -1.89. The molecule has 0 spiro atoms. The van der Waals surface area contributed by atoms with Gasteiger partial charge in [-0.1, -0.05) is 58.9 Å². The van der Waals surface area contributed by atoms with Crippen LogP contribution in [0.5, 0.6) is 0 Å². The molecule has 0 radical (unpaired) electrons. The van der Waals surface area contributed by atoms with Gasteiger partial charge in [-0.3, -0.25) is 0 Å². The Hall–Kier alpha value is -1.75. The Kier molecular flexibility index (Phi) is 5.91. The molecule has 1 saturated heterocycles.